The van der Waals surface area contributed by atoms with Crippen molar-refractivity contribution >= 4 is 5.97 Å². The first-order valence-electron chi connectivity index (χ1n) is 6.69. The zero-order valence-electron chi connectivity index (χ0n) is 12.2. The molecule has 0 aromatic heterocycles. The third-order valence-corrected chi connectivity index (χ3v) is 2.36. The summed E-state index contributed by atoms with van der Waals surface area (Å²) in [6.45, 7) is 6.58. The summed E-state index contributed by atoms with van der Waals surface area (Å²) in [5, 5.41) is 0. The average Bonchev–Trinajstić information content (AvgIpc) is 2.46. The fourth-order valence-electron chi connectivity index (χ4n) is 1.40. The minimum atomic E-state index is -0.554. The van der Waals surface area contributed by atoms with Gasteiger partial charge in [0.1, 0.15) is 0 Å². The lowest BCUT2D eigenvalue weighted by Crippen LogP contribution is -2.04. The third kappa shape index (κ3) is 6.22. The first-order valence-corrected chi connectivity index (χ1v) is 6.69. The van der Waals surface area contributed by atoms with Crippen molar-refractivity contribution in [2.75, 3.05) is 13.7 Å². The van der Waals surface area contributed by atoms with Crippen LogP contribution < -0.4 is 4.74 Å². The van der Waals surface area contributed by atoms with E-state index in [0.717, 1.165) is 25.3 Å². The lowest BCUT2D eigenvalue weighted by Gasteiger charge is -2.07. The van der Waals surface area contributed by atoms with E-state index in [0.29, 0.717) is 6.61 Å². The van der Waals surface area contributed by atoms with E-state index in [9.17, 15) is 9.18 Å². The molecule has 0 aliphatic heterocycles. The summed E-state index contributed by atoms with van der Waals surface area (Å²) in [5.74, 6) is -0.917. The molecule has 0 atom stereocenters. The van der Waals surface area contributed by atoms with E-state index in [1.165, 1.54) is 19.2 Å². The number of rotatable bonds is 6. The smallest absolute Gasteiger partial charge is 0.337 e. The molecule has 0 radical (unpaired) electrons. The van der Waals surface area contributed by atoms with Crippen molar-refractivity contribution in [3.8, 4) is 5.75 Å². The van der Waals surface area contributed by atoms with Crippen molar-refractivity contribution in [2.24, 2.45) is 0 Å². The summed E-state index contributed by atoms with van der Waals surface area (Å²) < 4.78 is 23.3. The van der Waals surface area contributed by atoms with Crippen molar-refractivity contribution in [3.63, 3.8) is 0 Å². The van der Waals surface area contributed by atoms with Crippen LogP contribution in [0.4, 0.5) is 4.39 Å². The Hall–Kier alpha value is -1.58. The number of methoxy groups -OCH3 is 1. The van der Waals surface area contributed by atoms with Crippen LogP contribution in [0.3, 0.4) is 0 Å². The maximum Gasteiger partial charge on any atom is 0.337 e. The molecule has 0 saturated heterocycles. The predicted octanol–water partition coefficient (Wildman–Crippen LogP) is 4.21. The van der Waals surface area contributed by atoms with E-state index in [1.807, 2.05) is 13.8 Å². The summed E-state index contributed by atoms with van der Waals surface area (Å²) in [6.07, 6.45) is 3.05. The maximum absolute atomic E-state index is 13.5. The molecule has 108 valence electrons. The molecule has 0 aliphatic rings. The van der Waals surface area contributed by atoms with Gasteiger partial charge < -0.3 is 9.47 Å². The van der Waals surface area contributed by atoms with E-state index < -0.39 is 11.8 Å². The summed E-state index contributed by atoms with van der Waals surface area (Å²) in [5.41, 5.74) is 0.186. The average molecular weight is 270 g/mol. The Morgan fingerprint density at radius 1 is 1.26 bits per heavy atom. The summed E-state index contributed by atoms with van der Waals surface area (Å²) >= 11 is 0. The molecule has 3 nitrogen and oxygen atoms in total. The molecule has 4 heteroatoms. The Kier molecular flexibility index (Phi) is 9.49. The van der Waals surface area contributed by atoms with E-state index in [2.05, 4.69) is 11.7 Å². The van der Waals surface area contributed by atoms with Gasteiger partial charge in [0.25, 0.3) is 0 Å². The van der Waals surface area contributed by atoms with Gasteiger partial charge in [-0.3, -0.25) is 0 Å². The summed E-state index contributed by atoms with van der Waals surface area (Å²) in [7, 11) is 1.26. The number of halogens is 1. The predicted molar refractivity (Wildman–Crippen MR) is 74.1 cm³/mol. The van der Waals surface area contributed by atoms with Crippen molar-refractivity contribution in [3.05, 3.63) is 29.6 Å². The number of hydrogen-bond donors (Lipinski definition) is 0. The lowest BCUT2D eigenvalue weighted by atomic mass is 10.2. The Labute approximate surface area is 114 Å². The molecule has 0 amide bonds. The van der Waals surface area contributed by atoms with Crippen LogP contribution in [0.15, 0.2) is 18.2 Å². The first kappa shape index (κ1) is 17.4. The van der Waals surface area contributed by atoms with Crippen LogP contribution in [0.1, 0.15) is 50.4 Å². The topological polar surface area (TPSA) is 35.5 Å². The van der Waals surface area contributed by atoms with Crippen LogP contribution in [-0.4, -0.2) is 19.7 Å². The Balaban J connectivity index is 0.00000154. The van der Waals surface area contributed by atoms with Gasteiger partial charge in [0.05, 0.1) is 19.3 Å². The number of carbonyl (C=O) groups is 1. The molecular formula is C15H23FO3. The molecule has 0 unspecified atom stereocenters. The van der Waals surface area contributed by atoms with Crippen LogP contribution in [0.2, 0.25) is 0 Å². The number of esters is 1. The third-order valence-electron chi connectivity index (χ3n) is 2.36. The van der Waals surface area contributed by atoms with E-state index >= 15 is 0 Å². The number of benzene rings is 1. The van der Waals surface area contributed by atoms with Gasteiger partial charge >= 0.3 is 5.97 Å². The molecule has 19 heavy (non-hydrogen) atoms. The number of ether oxygens (including phenoxy) is 2. The summed E-state index contributed by atoms with van der Waals surface area (Å²) in [6, 6.07) is 4.07. The second-order valence-corrected chi connectivity index (χ2v) is 3.69. The van der Waals surface area contributed by atoms with Gasteiger partial charge in [0, 0.05) is 0 Å². The highest BCUT2D eigenvalue weighted by Crippen LogP contribution is 2.19. The van der Waals surface area contributed by atoms with Crippen LogP contribution >= 0.6 is 0 Å². The van der Waals surface area contributed by atoms with Crippen LogP contribution in [-0.2, 0) is 4.74 Å². The fourth-order valence-corrected chi connectivity index (χ4v) is 1.40. The number of unbranched alkanes of at least 4 members (excludes halogenated alkanes) is 2. The zero-order valence-corrected chi connectivity index (χ0v) is 12.2. The van der Waals surface area contributed by atoms with Gasteiger partial charge in [0.2, 0.25) is 0 Å². The highest BCUT2D eigenvalue weighted by molar-refractivity contribution is 5.89. The minimum Gasteiger partial charge on any atom is -0.491 e. The van der Waals surface area contributed by atoms with Crippen molar-refractivity contribution in [1.29, 1.82) is 0 Å². The maximum atomic E-state index is 13.5. The van der Waals surface area contributed by atoms with Gasteiger partial charge in [-0.05, 0) is 24.6 Å². The Morgan fingerprint density at radius 3 is 2.47 bits per heavy atom. The van der Waals surface area contributed by atoms with Gasteiger partial charge in [-0.2, -0.15) is 0 Å². The number of hydrogen-bond acceptors (Lipinski definition) is 3. The van der Waals surface area contributed by atoms with Gasteiger partial charge in [0.15, 0.2) is 11.6 Å². The quantitative estimate of drug-likeness (QED) is 0.574. The number of carbonyl (C=O) groups excluding carboxylic acids is 1. The second kappa shape index (κ2) is 10.4. The molecule has 1 aromatic rings. The van der Waals surface area contributed by atoms with E-state index in [1.54, 1.807) is 0 Å². The van der Waals surface area contributed by atoms with Gasteiger partial charge in [-0.25, -0.2) is 9.18 Å². The Bertz CT molecular complexity index is 378. The molecule has 0 bridgehead atoms. The molecule has 0 heterocycles. The standard InChI is InChI=1S/C13H17FO3.C2H6/c1-3-4-5-8-17-12-7-6-10(9-11(12)14)13(15)16-2;1-2/h6-7,9H,3-5,8H2,1-2H3;1-2H3. The molecule has 0 N–H and O–H groups in total. The lowest BCUT2D eigenvalue weighted by molar-refractivity contribution is 0.0600. The minimum absolute atomic E-state index is 0.175. The molecule has 0 spiro atoms. The van der Waals surface area contributed by atoms with Crippen LogP contribution in [0.25, 0.3) is 0 Å². The zero-order chi connectivity index (χ0) is 14.7. The molecule has 1 aromatic carbocycles. The highest BCUT2D eigenvalue weighted by atomic mass is 19.1. The van der Waals surface area contributed by atoms with Gasteiger partial charge in [-0.15, -0.1) is 0 Å². The van der Waals surface area contributed by atoms with Crippen molar-refractivity contribution < 1.29 is 18.7 Å². The summed E-state index contributed by atoms with van der Waals surface area (Å²) in [4.78, 5) is 11.1. The highest BCUT2D eigenvalue weighted by Gasteiger charge is 2.10. The molecule has 0 aliphatic carbocycles. The first-order chi connectivity index (χ1) is 9.19. The van der Waals surface area contributed by atoms with E-state index in [4.69, 9.17) is 4.74 Å². The molecular weight excluding hydrogens is 247 g/mol. The van der Waals surface area contributed by atoms with Crippen molar-refractivity contribution in [1.82, 2.24) is 0 Å². The molecule has 1 rings (SSSR count). The molecule has 0 saturated carbocycles. The van der Waals surface area contributed by atoms with Crippen molar-refractivity contribution in [2.45, 2.75) is 40.0 Å². The monoisotopic (exact) mass is 270 g/mol. The SMILES string of the molecule is CC.CCCCCOc1ccc(C(=O)OC)cc1F. The fraction of sp³-hybridized carbons (Fsp3) is 0.533. The largest absolute Gasteiger partial charge is 0.491 e. The molecule has 0 fully saturated rings. The van der Waals surface area contributed by atoms with Crippen LogP contribution in [0, 0.1) is 5.82 Å². The second-order valence-electron chi connectivity index (χ2n) is 3.69. The van der Waals surface area contributed by atoms with Gasteiger partial charge in [-0.1, -0.05) is 33.6 Å². The van der Waals surface area contributed by atoms with Crippen LogP contribution in [0.5, 0.6) is 5.75 Å². The van der Waals surface area contributed by atoms with E-state index in [-0.39, 0.29) is 11.3 Å². The normalized spacial score (nSPS) is 9.32. The Morgan fingerprint density at radius 2 is 1.95 bits per heavy atom.